The van der Waals surface area contributed by atoms with Gasteiger partial charge in [0.05, 0.1) is 5.56 Å². The van der Waals surface area contributed by atoms with Crippen LogP contribution in [0.1, 0.15) is 106 Å². The van der Waals surface area contributed by atoms with Crippen molar-refractivity contribution in [1.82, 2.24) is 0 Å². The molecule has 0 heterocycles. The van der Waals surface area contributed by atoms with E-state index >= 15 is 0 Å². The smallest absolute Gasteiger partial charge is 0.335 e. The van der Waals surface area contributed by atoms with E-state index in [1.54, 1.807) is 18.2 Å². The molecule has 0 bridgehead atoms. The maximum atomic E-state index is 13.9. The molecule has 3 rings (SSSR count). The molecule has 0 atom stereocenters. The Balaban J connectivity index is 1.69. The summed E-state index contributed by atoms with van der Waals surface area (Å²) < 4.78 is 41.3. The van der Waals surface area contributed by atoms with Gasteiger partial charge in [0.15, 0.2) is 17.5 Å². The van der Waals surface area contributed by atoms with Gasteiger partial charge in [-0.25, -0.2) is 18.0 Å². The molecule has 180 valence electrons. The molecule has 33 heavy (non-hydrogen) atoms. The molecule has 1 aliphatic rings. The molecular weight excluding hydrogens is 425 g/mol. The fraction of sp³-hybridized carbons (Fsp3) is 0.536. The molecule has 0 spiro atoms. The van der Waals surface area contributed by atoms with Crippen molar-refractivity contribution in [3.63, 3.8) is 0 Å². The van der Waals surface area contributed by atoms with E-state index in [1.165, 1.54) is 51.4 Å². The van der Waals surface area contributed by atoms with E-state index in [9.17, 15) is 23.1 Å². The lowest BCUT2D eigenvalue weighted by atomic mass is 9.74. The molecule has 0 saturated heterocycles. The Bertz CT molecular complexity index is 910. The minimum Gasteiger partial charge on any atom is -0.478 e. The average Bonchev–Trinajstić information content (AvgIpc) is 2.81. The van der Waals surface area contributed by atoms with Crippen molar-refractivity contribution in [1.29, 1.82) is 0 Å². The molecule has 2 aromatic carbocycles. The quantitative estimate of drug-likeness (QED) is 0.268. The van der Waals surface area contributed by atoms with E-state index in [2.05, 4.69) is 6.92 Å². The number of rotatable bonds is 11. The highest BCUT2D eigenvalue weighted by molar-refractivity contribution is 5.92. The SMILES string of the molecule is CCCCCCCCCC1CCC(c2c(C(=O)O)cccc2-c2cc(F)c(F)c(F)c2)CC1. The molecular formula is C28H35F3O2. The van der Waals surface area contributed by atoms with E-state index in [0.717, 1.165) is 37.8 Å². The van der Waals surface area contributed by atoms with E-state index in [1.807, 2.05) is 0 Å². The van der Waals surface area contributed by atoms with Crippen molar-refractivity contribution in [3.8, 4) is 11.1 Å². The Morgan fingerprint density at radius 3 is 2.12 bits per heavy atom. The van der Waals surface area contributed by atoms with Gasteiger partial charge >= 0.3 is 5.97 Å². The number of halogens is 3. The third-order valence-corrected chi connectivity index (χ3v) is 7.10. The van der Waals surface area contributed by atoms with E-state index < -0.39 is 23.4 Å². The molecule has 1 N–H and O–H groups in total. The summed E-state index contributed by atoms with van der Waals surface area (Å²) in [6.45, 7) is 2.23. The van der Waals surface area contributed by atoms with Gasteiger partial charge in [-0.3, -0.25) is 0 Å². The van der Waals surface area contributed by atoms with Crippen LogP contribution < -0.4 is 0 Å². The van der Waals surface area contributed by atoms with Gasteiger partial charge in [0, 0.05) is 0 Å². The molecule has 0 aromatic heterocycles. The number of unbranched alkanes of at least 4 members (excludes halogenated alkanes) is 6. The van der Waals surface area contributed by atoms with E-state index in [4.69, 9.17) is 0 Å². The van der Waals surface area contributed by atoms with Gasteiger partial charge in [-0.15, -0.1) is 0 Å². The van der Waals surface area contributed by atoms with Crippen LogP contribution in [0, 0.1) is 23.4 Å². The van der Waals surface area contributed by atoms with Crippen LogP contribution in [-0.2, 0) is 0 Å². The predicted molar refractivity (Wildman–Crippen MR) is 126 cm³/mol. The number of carbonyl (C=O) groups is 1. The summed E-state index contributed by atoms with van der Waals surface area (Å²) in [5.41, 5.74) is 1.43. The number of carboxylic acid groups (broad SMARTS) is 1. The van der Waals surface area contributed by atoms with Gasteiger partial charge in [-0.05, 0) is 72.4 Å². The van der Waals surface area contributed by atoms with E-state index in [0.29, 0.717) is 17.0 Å². The third kappa shape index (κ3) is 6.61. The Morgan fingerprint density at radius 2 is 1.52 bits per heavy atom. The fourth-order valence-electron chi connectivity index (χ4n) is 5.28. The van der Waals surface area contributed by atoms with Crippen molar-refractivity contribution in [2.24, 2.45) is 5.92 Å². The van der Waals surface area contributed by atoms with Crippen LogP contribution in [0.4, 0.5) is 13.2 Å². The minimum atomic E-state index is -1.51. The molecule has 2 nitrogen and oxygen atoms in total. The second-order valence-electron chi connectivity index (χ2n) is 9.45. The number of aromatic carboxylic acids is 1. The second-order valence-corrected chi connectivity index (χ2v) is 9.45. The van der Waals surface area contributed by atoms with Gasteiger partial charge in [-0.2, -0.15) is 0 Å². The predicted octanol–water partition coefficient (Wildman–Crippen LogP) is 8.88. The first-order valence-corrected chi connectivity index (χ1v) is 12.4. The van der Waals surface area contributed by atoms with Crippen LogP contribution >= 0.6 is 0 Å². The van der Waals surface area contributed by atoms with Crippen molar-refractivity contribution in [2.75, 3.05) is 0 Å². The number of hydrogen-bond donors (Lipinski definition) is 1. The van der Waals surface area contributed by atoms with Crippen LogP contribution in [-0.4, -0.2) is 11.1 Å². The van der Waals surface area contributed by atoms with Crippen molar-refractivity contribution in [3.05, 3.63) is 58.9 Å². The largest absolute Gasteiger partial charge is 0.478 e. The minimum absolute atomic E-state index is 0.00812. The lowest BCUT2D eigenvalue weighted by molar-refractivity contribution is 0.0694. The summed E-state index contributed by atoms with van der Waals surface area (Å²) in [6.07, 6.45) is 14.0. The summed E-state index contributed by atoms with van der Waals surface area (Å²) in [5, 5.41) is 9.79. The molecule has 5 heteroatoms. The highest BCUT2D eigenvalue weighted by Crippen LogP contribution is 2.43. The van der Waals surface area contributed by atoms with Gasteiger partial charge in [0.25, 0.3) is 0 Å². The van der Waals surface area contributed by atoms with Crippen LogP contribution in [0.5, 0.6) is 0 Å². The van der Waals surface area contributed by atoms with Crippen molar-refractivity contribution >= 4 is 5.97 Å². The molecule has 0 radical (unpaired) electrons. The summed E-state index contributed by atoms with van der Waals surface area (Å²) in [5.74, 6) is -4.45. The lowest BCUT2D eigenvalue weighted by Crippen LogP contribution is -2.17. The third-order valence-electron chi connectivity index (χ3n) is 7.10. The molecule has 1 saturated carbocycles. The zero-order valence-electron chi connectivity index (χ0n) is 19.5. The number of hydrogen-bond acceptors (Lipinski definition) is 1. The summed E-state index contributed by atoms with van der Waals surface area (Å²) in [6, 6.07) is 6.71. The van der Waals surface area contributed by atoms with Crippen molar-refractivity contribution < 1.29 is 23.1 Å². The first-order valence-electron chi connectivity index (χ1n) is 12.4. The normalized spacial score (nSPS) is 18.4. The van der Waals surface area contributed by atoms with Crippen LogP contribution in [0.2, 0.25) is 0 Å². The lowest BCUT2D eigenvalue weighted by Gasteiger charge is -2.31. The summed E-state index contributed by atoms with van der Waals surface area (Å²) >= 11 is 0. The van der Waals surface area contributed by atoms with Gasteiger partial charge < -0.3 is 5.11 Å². The Kier molecular flexibility index (Phi) is 9.40. The Hall–Kier alpha value is -2.30. The average molecular weight is 461 g/mol. The zero-order chi connectivity index (χ0) is 23.8. The highest BCUT2D eigenvalue weighted by Gasteiger charge is 2.28. The van der Waals surface area contributed by atoms with Crippen LogP contribution in [0.15, 0.2) is 30.3 Å². The number of benzene rings is 2. The maximum absolute atomic E-state index is 13.9. The second kappa shape index (κ2) is 12.2. The molecule has 0 amide bonds. The van der Waals surface area contributed by atoms with Crippen molar-refractivity contribution in [2.45, 2.75) is 89.9 Å². The first kappa shape index (κ1) is 25.3. The topological polar surface area (TPSA) is 37.3 Å². The molecule has 2 aromatic rings. The Morgan fingerprint density at radius 1 is 0.909 bits per heavy atom. The zero-order valence-corrected chi connectivity index (χ0v) is 19.5. The molecule has 0 unspecified atom stereocenters. The standard InChI is InChI=1S/C28H35F3O2/c1-2-3-4-5-6-7-8-10-19-13-15-20(16-14-19)26-22(11-9-12-23(26)28(32)33)21-17-24(29)27(31)25(30)18-21/h9,11-12,17-20H,2-8,10,13-16H2,1H3,(H,32,33). The molecule has 1 aliphatic carbocycles. The Labute approximate surface area is 195 Å². The maximum Gasteiger partial charge on any atom is 0.335 e. The number of carboxylic acids is 1. The monoisotopic (exact) mass is 460 g/mol. The van der Waals surface area contributed by atoms with Gasteiger partial charge in [-0.1, -0.05) is 70.4 Å². The van der Waals surface area contributed by atoms with Crippen LogP contribution in [0.3, 0.4) is 0 Å². The van der Waals surface area contributed by atoms with E-state index in [-0.39, 0.29) is 17.0 Å². The first-order chi connectivity index (χ1) is 15.9. The summed E-state index contributed by atoms with van der Waals surface area (Å²) in [7, 11) is 0. The molecule has 1 fully saturated rings. The molecule has 0 aliphatic heterocycles. The van der Waals surface area contributed by atoms with Gasteiger partial charge in [0.1, 0.15) is 0 Å². The fourth-order valence-corrected chi connectivity index (χ4v) is 5.28. The van der Waals surface area contributed by atoms with Gasteiger partial charge in [0.2, 0.25) is 0 Å². The van der Waals surface area contributed by atoms with Crippen LogP contribution in [0.25, 0.3) is 11.1 Å². The summed E-state index contributed by atoms with van der Waals surface area (Å²) in [4.78, 5) is 12.0. The highest BCUT2D eigenvalue weighted by atomic mass is 19.2.